The Morgan fingerprint density at radius 3 is 2.17 bits per heavy atom. The van der Waals surface area contributed by atoms with Gasteiger partial charge in [0, 0.05) is 17.7 Å². The van der Waals surface area contributed by atoms with E-state index in [-0.39, 0.29) is 11.2 Å². The highest BCUT2D eigenvalue weighted by atomic mass is 16.7. The van der Waals surface area contributed by atoms with E-state index in [1.807, 2.05) is 71.0 Å². The molecule has 2 aromatic rings. The highest BCUT2D eigenvalue weighted by Crippen LogP contribution is 2.36. The zero-order chi connectivity index (χ0) is 16.7. The van der Waals surface area contributed by atoms with Crippen molar-refractivity contribution in [2.45, 2.75) is 45.8 Å². The average molecular weight is 311 g/mol. The third-order valence-corrected chi connectivity index (χ3v) is 4.60. The quantitative estimate of drug-likeness (QED) is 0.814. The Hall–Kier alpha value is -1.85. The standard InChI is InChI=1S/C18H22BNO3/c1-13-11-16(21-14-9-7-6-8-10-14)20-12-15(13)19-22-17(2,3)18(4,5)23-19/h6-12H,1-5H3. The van der Waals surface area contributed by atoms with Crippen molar-refractivity contribution in [3.63, 3.8) is 0 Å². The molecule has 1 aliphatic rings. The van der Waals surface area contributed by atoms with Gasteiger partial charge in [-0.25, -0.2) is 4.98 Å². The number of hydrogen-bond acceptors (Lipinski definition) is 4. The number of hydrogen-bond donors (Lipinski definition) is 0. The van der Waals surface area contributed by atoms with Gasteiger partial charge in [0.2, 0.25) is 5.88 Å². The molecule has 3 rings (SSSR count). The number of aromatic nitrogens is 1. The van der Waals surface area contributed by atoms with Gasteiger partial charge in [0.15, 0.2) is 0 Å². The number of benzene rings is 1. The Kier molecular flexibility index (Phi) is 3.94. The summed E-state index contributed by atoms with van der Waals surface area (Å²) in [6.07, 6.45) is 1.77. The van der Waals surface area contributed by atoms with Gasteiger partial charge in [0.25, 0.3) is 0 Å². The number of ether oxygens (including phenoxy) is 1. The zero-order valence-corrected chi connectivity index (χ0v) is 14.3. The Balaban J connectivity index is 1.81. The van der Waals surface area contributed by atoms with E-state index < -0.39 is 7.12 Å². The van der Waals surface area contributed by atoms with Gasteiger partial charge in [-0.05, 0) is 52.3 Å². The summed E-state index contributed by atoms with van der Waals surface area (Å²) in [6.45, 7) is 10.2. The SMILES string of the molecule is Cc1cc(Oc2ccccc2)ncc1B1OC(C)(C)C(C)(C)O1. The fourth-order valence-corrected chi connectivity index (χ4v) is 2.42. The highest BCUT2D eigenvalue weighted by molar-refractivity contribution is 6.62. The van der Waals surface area contributed by atoms with E-state index in [4.69, 9.17) is 14.0 Å². The van der Waals surface area contributed by atoms with Gasteiger partial charge < -0.3 is 14.0 Å². The molecule has 0 bridgehead atoms. The number of pyridine rings is 1. The van der Waals surface area contributed by atoms with Crippen molar-refractivity contribution in [1.29, 1.82) is 0 Å². The minimum atomic E-state index is -0.404. The van der Waals surface area contributed by atoms with Crippen LogP contribution >= 0.6 is 0 Å². The first kappa shape index (κ1) is 16.0. The summed E-state index contributed by atoms with van der Waals surface area (Å²) in [5.41, 5.74) is 1.25. The molecule has 0 aliphatic carbocycles. The highest BCUT2D eigenvalue weighted by Gasteiger charge is 2.52. The van der Waals surface area contributed by atoms with Crippen molar-refractivity contribution >= 4 is 12.6 Å². The predicted molar refractivity (Wildman–Crippen MR) is 91.2 cm³/mol. The Labute approximate surface area is 137 Å². The summed E-state index contributed by atoms with van der Waals surface area (Å²) in [5.74, 6) is 1.33. The molecule has 1 aromatic heterocycles. The molecule has 23 heavy (non-hydrogen) atoms. The molecular formula is C18H22BNO3. The lowest BCUT2D eigenvalue weighted by Gasteiger charge is -2.32. The van der Waals surface area contributed by atoms with Crippen molar-refractivity contribution in [2.24, 2.45) is 0 Å². The van der Waals surface area contributed by atoms with Crippen LogP contribution in [0.5, 0.6) is 11.6 Å². The van der Waals surface area contributed by atoms with Crippen molar-refractivity contribution < 1.29 is 14.0 Å². The lowest BCUT2D eigenvalue weighted by molar-refractivity contribution is 0.00578. The molecule has 1 aliphatic heterocycles. The molecular weight excluding hydrogens is 289 g/mol. The second kappa shape index (κ2) is 5.66. The molecule has 0 amide bonds. The molecule has 1 fully saturated rings. The van der Waals surface area contributed by atoms with Crippen molar-refractivity contribution in [3.8, 4) is 11.6 Å². The molecule has 4 nitrogen and oxygen atoms in total. The fraction of sp³-hybridized carbons (Fsp3) is 0.389. The van der Waals surface area contributed by atoms with Gasteiger partial charge in [0.1, 0.15) is 5.75 Å². The molecule has 0 atom stereocenters. The second-order valence-corrected chi connectivity index (χ2v) is 6.88. The van der Waals surface area contributed by atoms with Gasteiger partial charge in [0.05, 0.1) is 11.2 Å². The first-order chi connectivity index (χ1) is 10.8. The third-order valence-electron chi connectivity index (χ3n) is 4.60. The maximum absolute atomic E-state index is 6.09. The summed E-state index contributed by atoms with van der Waals surface area (Å²) >= 11 is 0. The molecule has 0 spiro atoms. The number of para-hydroxylation sites is 1. The van der Waals surface area contributed by atoms with Crippen LogP contribution in [0.15, 0.2) is 42.6 Å². The maximum Gasteiger partial charge on any atom is 0.496 e. The minimum absolute atomic E-state index is 0.358. The van der Waals surface area contributed by atoms with Crippen LogP contribution in [0.3, 0.4) is 0 Å². The second-order valence-electron chi connectivity index (χ2n) is 6.88. The molecule has 1 aromatic carbocycles. The summed E-state index contributed by atoms with van der Waals surface area (Å²) in [6, 6.07) is 11.5. The van der Waals surface area contributed by atoms with E-state index >= 15 is 0 Å². The van der Waals surface area contributed by atoms with Crippen LogP contribution in [-0.2, 0) is 9.31 Å². The molecule has 120 valence electrons. The molecule has 0 unspecified atom stereocenters. The van der Waals surface area contributed by atoms with Crippen molar-refractivity contribution in [3.05, 3.63) is 48.2 Å². The maximum atomic E-state index is 6.09. The smallest absolute Gasteiger partial charge is 0.439 e. The fourth-order valence-electron chi connectivity index (χ4n) is 2.42. The Morgan fingerprint density at radius 1 is 1.00 bits per heavy atom. The number of rotatable bonds is 3. The monoisotopic (exact) mass is 311 g/mol. The van der Waals surface area contributed by atoms with Crippen LogP contribution < -0.4 is 10.2 Å². The van der Waals surface area contributed by atoms with Gasteiger partial charge in [-0.1, -0.05) is 18.2 Å². The lowest BCUT2D eigenvalue weighted by Crippen LogP contribution is -2.41. The number of aryl methyl sites for hydroxylation is 1. The van der Waals surface area contributed by atoms with E-state index in [0.717, 1.165) is 16.8 Å². The molecule has 5 heteroatoms. The van der Waals surface area contributed by atoms with Crippen LogP contribution in [0.25, 0.3) is 0 Å². The first-order valence-electron chi connectivity index (χ1n) is 7.84. The van der Waals surface area contributed by atoms with Crippen LogP contribution in [0, 0.1) is 6.92 Å². The van der Waals surface area contributed by atoms with Gasteiger partial charge in [-0.3, -0.25) is 0 Å². The largest absolute Gasteiger partial charge is 0.496 e. The van der Waals surface area contributed by atoms with E-state index in [2.05, 4.69) is 4.98 Å². The third kappa shape index (κ3) is 3.12. The topological polar surface area (TPSA) is 40.6 Å². The first-order valence-corrected chi connectivity index (χ1v) is 7.84. The van der Waals surface area contributed by atoms with Gasteiger partial charge >= 0.3 is 7.12 Å². The van der Waals surface area contributed by atoms with Gasteiger partial charge in [-0.15, -0.1) is 0 Å². The van der Waals surface area contributed by atoms with E-state index in [0.29, 0.717) is 5.88 Å². The lowest BCUT2D eigenvalue weighted by atomic mass is 9.77. The Morgan fingerprint density at radius 2 is 1.61 bits per heavy atom. The van der Waals surface area contributed by atoms with E-state index in [1.54, 1.807) is 6.20 Å². The van der Waals surface area contributed by atoms with Gasteiger partial charge in [-0.2, -0.15) is 0 Å². The molecule has 2 heterocycles. The van der Waals surface area contributed by atoms with E-state index in [9.17, 15) is 0 Å². The van der Waals surface area contributed by atoms with Crippen LogP contribution in [0.2, 0.25) is 0 Å². The molecule has 1 saturated heterocycles. The summed E-state index contributed by atoms with van der Waals surface area (Å²) in [7, 11) is -0.404. The summed E-state index contributed by atoms with van der Waals surface area (Å²) < 4.78 is 17.9. The Bertz CT molecular complexity index is 685. The predicted octanol–water partition coefficient (Wildman–Crippen LogP) is 3.48. The van der Waals surface area contributed by atoms with Crippen molar-refractivity contribution in [2.75, 3.05) is 0 Å². The van der Waals surface area contributed by atoms with Crippen molar-refractivity contribution in [1.82, 2.24) is 4.98 Å². The summed E-state index contributed by atoms with van der Waals surface area (Å²) in [5, 5.41) is 0. The summed E-state index contributed by atoms with van der Waals surface area (Å²) in [4.78, 5) is 4.39. The molecule has 0 radical (unpaired) electrons. The van der Waals surface area contributed by atoms with E-state index in [1.165, 1.54) is 0 Å². The number of nitrogens with zero attached hydrogens (tertiary/aromatic N) is 1. The zero-order valence-electron chi connectivity index (χ0n) is 14.3. The molecule has 0 saturated carbocycles. The minimum Gasteiger partial charge on any atom is -0.439 e. The van der Waals surface area contributed by atoms with Crippen LogP contribution in [-0.4, -0.2) is 23.3 Å². The van der Waals surface area contributed by atoms with Crippen LogP contribution in [0.1, 0.15) is 33.3 Å². The average Bonchev–Trinajstić information content (AvgIpc) is 2.68. The van der Waals surface area contributed by atoms with Crippen LogP contribution in [0.4, 0.5) is 0 Å². The normalized spacial score (nSPS) is 18.9. The molecule has 0 N–H and O–H groups in total.